The molecule has 0 aromatic heterocycles. The van der Waals surface area contributed by atoms with Gasteiger partial charge in [0, 0.05) is 23.4 Å². The van der Waals surface area contributed by atoms with Gasteiger partial charge in [-0.2, -0.15) is 0 Å². The first kappa shape index (κ1) is 15.3. The van der Waals surface area contributed by atoms with Crippen molar-refractivity contribution in [3.8, 4) is 0 Å². The molecule has 4 heteroatoms. The van der Waals surface area contributed by atoms with Crippen LogP contribution in [0.25, 0.3) is 0 Å². The second-order valence-electron chi connectivity index (χ2n) is 6.15. The summed E-state index contributed by atoms with van der Waals surface area (Å²) in [6.07, 6.45) is 1.14. The first-order chi connectivity index (χ1) is 11.0. The van der Waals surface area contributed by atoms with Crippen LogP contribution in [0.4, 0.5) is 11.4 Å². The van der Waals surface area contributed by atoms with Crippen LogP contribution in [0.2, 0.25) is 0 Å². The zero-order chi connectivity index (χ0) is 16.4. The van der Waals surface area contributed by atoms with Crippen molar-refractivity contribution in [1.82, 2.24) is 0 Å². The summed E-state index contributed by atoms with van der Waals surface area (Å²) < 4.78 is 0. The van der Waals surface area contributed by atoms with Crippen LogP contribution in [0, 0.1) is 0 Å². The Balaban J connectivity index is 1.74. The number of nitrogens with one attached hydrogen (secondary N) is 2. The smallest absolute Gasteiger partial charge is 0.255 e. The van der Waals surface area contributed by atoms with E-state index in [0.717, 1.165) is 16.9 Å². The van der Waals surface area contributed by atoms with E-state index in [1.807, 2.05) is 30.3 Å². The standard InChI is InChI=1S/C19H20N2O2/c1-12(2)13-3-7-16(8-4-13)20-19(23)15-5-9-17-14(11-15)6-10-18(22)21-17/h3-5,7-9,11-12H,6,10H2,1-2H3,(H,20,23)(H,21,22). The summed E-state index contributed by atoms with van der Waals surface area (Å²) in [6.45, 7) is 4.28. The van der Waals surface area contributed by atoms with Gasteiger partial charge in [0.25, 0.3) is 5.91 Å². The van der Waals surface area contributed by atoms with Gasteiger partial charge in [0.15, 0.2) is 0 Å². The molecular weight excluding hydrogens is 288 g/mol. The highest BCUT2D eigenvalue weighted by atomic mass is 16.2. The van der Waals surface area contributed by atoms with Crippen molar-refractivity contribution in [3.63, 3.8) is 0 Å². The molecule has 23 heavy (non-hydrogen) atoms. The number of fused-ring (bicyclic) bond motifs is 1. The molecule has 0 saturated carbocycles. The van der Waals surface area contributed by atoms with Crippen LogP contribution in [-0.4, -0.2) is 11.8 Å². The molecule has 0 aliphatic carbocycles. The second kappa shape index (κ2) is 6.24. The Hall–Kier alpha value is -2.62. The van der Waals surface area contributed by atoms with Gasteiger partial charge in [-0.15, -0.1) is 0 Å². The Morgan fingerprint density at radius 2 is 1.83 bits per heavy atom. The summed E-state index contributed by atoms with van der Waals surface area (Å²) in [5.74, 6) is 0.359. The quantitative estimate of drug-likeness (QED) is 0.902. The van der Waals surface area contributed by atoms with Gasteiger partial charge in [-0.3, -0.25) is 9.59 Å². The van der Waals surface area contributed by atoms with Crippen molar-refractivity contribution in [2.75, 3.05) is 10.6 Å². The van der Waals surface area contributed by atoms with Crippen molar-refractivity contribution in [2.24, 2.45) is 0 Å². The van der Waals surface area contributed by atoms with Crippen molar-refractivity contribution >= 4 is 23.2 Å². The molecule has 2 N–H and O–H groups in total. The number of benzene rings is 2. The van der Waals surface area contributed by atoms with E-state index in [0.29, 0.717) is 24.3 Å². The van der Waals surface area contributed by atoms with E-state index in [9.17, 15) is 9.59 Å². The van der Waals surface area contributed by atoms with Gasteiger partial charge in [0.2, 0.25) is 5.91 Å². The molecule has 1 aliphatic heterocycles. The number of carbonyl (C=O) groups excluding carboxylic acids is 2. The van der Waals surface area contributed by atoms with E-state index in [4.69, 9.17) is 0 Å². The van der Waals surface area contributed by atoms with Gasteiger partial charge >= 0.3 is 0 Å². The highest BCUT2D eigenvalue weighted by Crippen LogP contribution is 2.24. The lowest BCUT2D eigenvalue weighted by atomic mass is 10.00. The Labute approximate surface area is 135 Å². The molecule has 118 valence electrons. The minimum atomic E-state index is -0.137. The Kier molecular flexibility index (Phi) is 4.15. The third-order valence-corrected chi connectivity index (χ3v) is 4.10. The van der Waals surface area contributed by atoms with Crippen molar-refractivity contribution in [1.29, 1.82) is 0 Å². The number of hydrogen-bond donors (Lipinski definition) is 2. The maximum Gasteiger partial charge on any atom is 0.255 e. The van der Waals surface area contributed by atoms with Crippen molar-refractivity contribution < 1.29 is 9.59 Å². The fraction of sp³-hybridized carbons (Fsp3) is 0.263. The molecule has 0 spiro atoms. The molecule has 0 unspecified atom stereocenters. The number of anilines is 2. The average Bonchev–Trinajstić information content (AvgIpc) is 2.54. The third-order valence-electron chi connectivity index (χ3n) is 4.10. The molecule has 0 radical (unpaired) electrons. The Morgan fingerprint density at radius 3 is 2.52 bits per heavy atom. The van der Waals surface area contributed by atoms with Crippen LogP contribution in [0.15, 0.2) is 42.5 Å². The SMILES string of the molecule is CC(C)c1ccc(NC(=O)c2ccc3c(c2)CCC(=O)N3)cc1. The summed E-state index contributed by atoms with van der Waals surface area (Å²) >= 11 is 0. The molecule has 0 saturated heterocycles. The van der Waals surface area contributed by atoms with E-state index >= 15 is 0 Å². The van der Waals surface area contributed by atoms with Gasteiger partial charge in [-0.25, -0.2) is 0 Å². The fourth-order valence-corrected chi connectivity index (χ4v) is 2.68. The molecule has 0 bridgehead atoms. The summed E-state index contributed by atoms with van der Waals surface area (Å²) in [5.41, 5.74) is 4.44. The van der Waals surface area contributed by atoms with Gasteiger partial charge in [-0.05, 0) is 53.8 Å². The van der Waals surface area contributed by atoms with Gasteiger partial charge in [0.05, 0.1) is 0 Å². The number of aryl methyl sites for hydroxylation is 1. The monoisotopic (exact) mass is 308 g/mol. The largest absolute Gasteiger partial charge is 0.326 e. The van der Waals surface area contributed by atoms with Crippen molar-refractivity contribution in [3.05, 3.63) is 59.2 Å². The number of rotatable bonds is 3. The average molecular weight is 308 g/mol. The normalized spacial score (nSPS) is 13.4. The first-order valence-electron chi connectivity index (χ1n) is 7.87. The van der Waals surface area contributed by atoms with E-state index in [1.54, 1.807) is 12.1 Å². The molecule has 3 rings (SSSR count). The summed E-state index contributed by atoms with van der Waals surface area (Å²) in [6, 6.07) is 13.3. The zero-order valence-electron chi connectivity index (χ0n) is 13.3. The van der Waals surface area contributed by atoms with Gasteiger partial charge < -0.3 is 10.6 Å². The zero-order valence-corrected chi connectivity index (χ0v) is 13.3. The molecule has 2 aromatic carbocycles. The summed E-state index contributed by atoms with van der Waals surface area (Å²) in [7, 11) is 0. The molecule has 4 nitrogen and oxygen atoms in total. The van der Waals surface area contributed by atoms with E-state index in [2.05, 4.69) is 24.5 Å². The Bertz CT molecular complexity index is 748. The maximum absolute atomic E-state index is 12.4. The number of amides is 2. The molecule has 1 aliphatic rings. The molecule has 0 atom stereocenters. The predicted octanol–water partition coefficient (Wildman–Crippen LogP) is 3.95. The topological polar surface area (TPSA) is 58.2 Å². The van der Waals surface area contributed by atoms with Crippen LogP contribution < -0.4 is 10.6 Å². The second-order valence-corrected chi connectivity index (χ2v) is 6.15. The molecule has 0 fully saturated rings. The lowest BCUT2D eigenvalue weighted by Gasteiger charge is -2.17. The summed E-state index contributed by atoms with van der Waals surface area (Å²) in [4.78, 5) is 23.8. The maximum atomic E-state index is 12.4. The lowest BCUT2D eigenvalue weighted by Crippen LogP contribution is -2.20. The van der Waals surface area contributed by atoms with Gasteiger partial charge in [-0.1, -0.05) is 26.0 Å². The minimum Gasteiger partial charge on any atom is -0.326 e. The minimum absolute atomic E-state index is 0.0277. The highest BCUT2D eigenvalue weighted by molar-refractivity contribution is 6.05. The van der Waals surface area contributed by atoms with Crippen LogP contribution in [0.1, 0.15) is 47.7 Å². The van der Waals surface area contributed by atoms with E-state index < -0.39 is 0 Å². The summed E-state index contributed by atoms with van der Waals surface area (Å²) in [5, 5.41) is 5.74. The molecule has 1 heterocycles. The third kappa shape index (κ3) is 3.42. The molecule has 2 aromatic rings. The molecular formula is C19H20N2O2. The number of carbonyl (C=O) groups is 2. The number of hydrogen-bond acceptors (Lipinski definition) is 2. The fourth-order valence-electron chi connectivity index (χ4n) is 2.68. The van der Waals surface area contributed by atoms with Crippen LogP contribution in [0.5, 0.6) is 0 Å². The lowest BCUT2D eigenvalue weighted by molar-refractivity contribution is -0.116. The molecule has 2 amide bonds. The van der Waals surface area contributed by atoms with Crippen LogP contribution in [0.3, 0.4) is 0 Å². The first-order valence-corrected chi connectivity index (χ1v) is 7.87. The van der Waals surface area contributed by atoms with Crippen LogP contribution >= 0.6 is 0 Å². The van der Waals surface area contributed by atoms with E-state index in [-0.39, 0.29) is 11.8 Å². The van der Waals surface area contributed by atoms with Gasteiger partial charge in [0.1, 0.15) is 0 Å². The van der Waals surface area contributed by atoms with E-state index in [1.165, 1.54) is 5.56 Å². The highest BCUT2D eigenvalue weighted by Gasteiger charge is 2.16. The van der Waals surface area contributed by atoms with Crippen LogP contribution in [-0.2, 0) is 11.2 Å². The predicted molar refractivity (Wildman–Crippen MR) is 91.9 cm³/mol. The Morgan fingerprint density at radius 1 is 1.09 bits per heavy atom. The van der Waals surface area contributed by atoms with Crippen molar-refractivity contribution in [2.45, 2.75) is 32.6 Å².